The van der Waals surface area contributed by atoms with Crippen molar-refractivity contribution in [3.05, 3.63) is 0 Å². The van der Waals surface area contributed by atoms with Gasteiger partial charge in [0, 0.05) is 18.9 Å². The van der Waals surface area contributed by atoms with Gasteiger partial charge in [-0.3, -0.25) is 0 Å². The van der Waals surface area contributed by atoms with Gasteiger partial charge in [-0.15, -0.1) is 0 Å². The van der Waals surface area contributed by atoms with Crippen LogP contribution in [0, 0.1) is 0 Å². The topological polar surface area (TPSA) is 90.7 Å². The molecule has 1 heterocycles. The molecule has 0 atom stereocenters. The van der Waals surface area contributed by atoms with E-state index in [9.17, 15) is 8.42 Å². The van der Waals surface area contributed by atoms with E-state index in [-0.39, 0.29) is 6.04 Å². The molecule has 7 heteroatoms. The van der Waals surface area contributed by atoms with Gasteiger partial charge in [-0.05, 0) is 12.8 Å². The Morgan fingerprint density at radius 1 is 1.20 bits per heavy atom. The van der Waals surface area contributed by atoms with Gasteiger partial charge < -0.3 is 9.47 Å². The summed E-state index contributed by atoms with van der Waals surface area (Å²) in [5, 5.41) is 4.91. The van der Waals surface area contributed by atoms with Gasteiger partial charge in [-0.25, -0.2) is 5.14 Å². The summed E-state index contributed by atoms with van der Waals surface area (Å²) in [6.07, 6.45) is 2.85. The molecule has 0 aromatic carbocycles. The normalized spacial score (nSPS) is 27.3. The average molecular weight is 236 g/mol. The monoisotopic (exact) mass is 236 g/mol. The number of hydrogen-bond donors (Lipinski definition) is 2. The summed E-state index contributed by atoms with van der Waals surface area (Å²) in [4.78, 5) is 0. The molecule has 88 valence electrons. The number of nitrogens with one attached hydrogen (secondary N) is 1. The quantitative estimate of drug-likeness (QED) is 0.674. The Morgan fingerprint density at radius 2 is 1.73 bits per heavy atom. The van der Waals surface area contributed by atoms with Crippen molar-refractivity contribution in [1.29, 1.82) is 0 Å². The van der Waals surface area contributed by atoms with Crippen molar-refractivity contribution in [2.45, 2.75) is 37.5 Å². The largest absolute Gasteiger partial charge is 0.348 e. The summed E-state index contributed by atoms with van der Waals surface area (Å²) in [6, 6.07) is -0.0848. The third-order valence-corrected chi connectivity index (χ3v) is 3.55. The van der Waals surface area contributed by atoms with Crippen LogP contribution in [0.4, 0.5) is 0 Å². The summed E-state index contributed by atoms with van der Waals surface area (Å²) in [5.41, 5.74) is 0. The molecule has 0 bridgehead atoms. The van der Waals surface area contributed by atoms with E-state index in [0.717, 1.165) is 12.8 Å². The van der Waals surface area contributed by atoms with Crippen LogP contribution in [0.25, 0.3) is 0 Å². The maximum absolute atomic E-state index is 10.8. The van der Waals surface area contributed by atoms with Crippen molar-refractivity contribution in [2.24, 2.45) is 5.14 Å². The summed E-state index contributed by atoms with van der Waals surface area (Å²) in [7, 11) is -3.59. The van der Waals surface area contributed by atoms with Crippen molar-refractivity contribution in [1.82, 2.24) is 4.72 Å². The number of hydrogen-bond acceptors (Lipinski definition) is 4. The molecule has 15 heavy (non-hydrogen) atoms. The van der Waals surface area contributed by atoms with Crippen LogP contribution >= 0.6 is 0 Å². The molecule has 2 fully saturated rings. The van der Waals surface area contributed by atoms with Crippen LogP contribution in [0.15, 0.2) is 0 Å². The minimum Gasteiger partial charge on any atom is -0.348 e. The lowest BCUT2D eigenvalue weighted by molar-refractivity contribution is -0.178. The Hall–Kier alpha value is -0.210. The van der Waals surface area contributed by atoms with E-state index in [1.807, 2.05) is 0 Å². The molecular formula is C8H16N2O4S. The van der Waals surface area contributed by atoms with Crippen LogP contribution in [0.5, 0.6) is 0 Å². The lowest BCUT2D eigenvalue weighted by Gasteiger charge is -2.35. The smallest absolute Gasteiger partial charge is 0.274 e. The molecule has 6 nitrogen and oxygen atoms in total. The van der Waals surface area contributed by atoms with E-state index in [2.05, 4.69) is 4.72 Å². The number of ether oxygens (including phenoxy) is 2. The third kappa shape index (κ3) is 2.88. The zero-order valence-corrected chi connectivity index (χ0v) is 9.26. The van der Waals surface area contributed by atoms with Crippen molar-refractivity contribution < 1.29 is 17.9 Å². The van der Waals surface area contributed by atoms with E-state index in [0.29, 0.717) is 26.1 Å². The first kappa shape index (κ1) is 11.3. The minimum atomic E-state index is -3.59. The van der Waals surface area contributed by atoms with E-state index in [1.54, 1.807) is 0 Å². The van der Waals surface area contributed by atoms with E-state index >= 15 is 0 Å². The highest BCUT2D eigenvalue weighted by Gasteiger charge is 2.40. The van der Waals surface area contributed by atoms with Crippen LogP contribution in [-0.2, 0) is 19.7 Å². The van der Waals surface area contributed by atoms with E-state index in [4.69, 9.17) is 14.6 Å². The molecule has 0 amide bonds. The summed E-state index contributed by atoms with van der Waals surface area (Å²) >= 11 is 0. The van der Waals surface area contributed by atoms with Crippen LogP contribution in [0.1, 0.15) is 25.7 Å². The molecule has 2 aliphatic rings. The molecule has 0 unspecified atom stereocenters. The Bertz CT molecular complexity index is 314. The molecule has 1 saturated heterocycles. The van der Waals surface area contributed by atoms with Crippen LogP contribution in [-0.4, -0.2) is 33.5 Å². The lowest BCUT2D eigenvalue weighted by atomic mass is 9.91. The minimum absolute atomic E-state index is 0.0848. The zero-order valence-electron chi connectivity index (χ0n) is 8.44. The molecule has 0 aromatic heterocycles. The maximum Gasteiger partial charge on any atom is 0.274 e. The third-order valence-electron chi connectivity index (χ3n) is 2.89. The summed E-state index contributed by atoms with van der Waals surface area (Å²) in [6.45, 7) is 1.26. The van der Waals surface area contributed by atoms with Crippen molar-refractivity contribution in [2.75, 3.05) is 13.2 Å². The second kappa shape index (κ2) is 3.99. The van der Waals surface area contributed by atoms with Gasteiger partial charge in [-0.2, -0.15) is 13.1 Å². The first-order valence-corrected chi connectivity index (χ1v) is 6.62. The van der Waals surface area contributed by atoms with Crippen LogP contribution in [0.2, 0.25) is 0 Å². The SMILES string of the molecule is NS(=O)(=O)NC1CCC2(CC1)OCCO2. The second-order valence-corrected chi connectivity index (χ2v) is 5.37. The van der Waals surface area contributed by atoms with Gasteiger partial charge in [0.2, 0.25) is 0 Å². The second-order valence-electron chi connectivity index (χ2n) is 4.04. The van der Waals surface area contributed by atoms with Gasteiger partial charge in [0.1, 0.15) is 0 Å². The molecule has 1 spiro atoms. The fourth-order valence-corrected chi connectivity index (χ4v) is 2.89. The predicted molar refractivity (Wildman–Crippen MR) is 53.1 cm³/mol. The van der Waals surface area contributed by atoms with Gasteiger partial charge in [-0.1, -0.05) is 0 Å². The molecule has 0 aromatic rings. The first-order chi connectivity index (χ1) is 6.99. The Balaban J connectivity index is 1.87. The highest BCUT2D eigenvalue weighted by Crippen LogP contribution is 2.35. The Labute approximate surface area is 89.3 Å². The number of rotatable bonds is 2. The fourth-order valence-electron chi connectivity index (χ4n) is 2.19. The first-order valence-electron chi connectivity index (χ1n) is 5.07. The zero-order chi connectivity index (χ0) is 10.9. The standard InChI is InChI=1S/C8H16N2O4S/c9-15(11,12)10-7-1-3-8(4-2-7)13-5-6-14-8/h7,10H,1-6H2,(H2,9,11,12). The van der Waals surface area contributed by atoms with Crippen molar-refractivity contribution >= 4 is 10.2 Å². The number of nitrogens with two attached hydrogens (primary N) is 1. The summed E-state index contributed by atoms with van der Waals surface area (Å²) in [5.74, 6) is -0.448. The molecule has 1 saturated carbocycles. The van der Waals surface area contributed by atoms with Crippen LogP contribution < -0.4 is 9.86 Å². The van der Waals surface area contributed by atoms with E-state index < -0.39 is 16.0 Å². The molecule has 1 aliphatic heterocycles. The molecule has 2 rings (SSSR count). The van der Waals surface area contributed by atoms with Crippen molar-refractivity contribution in [3.63, 3.8) is 0 Å². The predicted octanol–water partition coefficient (Wildman–Crippen LogP) is -0.535. The van der Waals surface area contributed by atoms with Crippen molar-refractivity contribution in [3.8, 4) is 0 Å². The fraction of sp³-hybridized carbons (Fsp3) is 1.00. The average Bonchev–Trinajstić information content (AvgIpc) is 2.56. The Kier molecular flexibility index (Phi) is 3.00. The van der Waals surface area contributed by atoms with Gasteiger partial charge in [0.05, 0.1) is 13.2 Å². The van der Waals surface area contributed by atoms with Gasteiger partial charge >= 0.3 is 0 Å². The Morgan fingerprint density at radius 3 is 2.20 bits per heavy atom. The van der Waals surface area contributed by atoms with Crippen LogP contribution in [0.3, 0.4) is 0 Å². The molecule has 0 radical (unpaired) electrons. The van der Waals surface area contributed by atoms with Gasteiger partial charge in [0.15, 0.2) is 5.79 Å². The molecular weight excluding hydrogens is 220 g/mol. The highest BCUT2D eigenvalue weighted by atomic mass is 32.2. The molecule has 3 N–H and O–H groups in total. The maximum atomic E-state index is 10.8. The molecule has 1 aliphatic carbocycles. The van der Waals surface area contributed by atoms with E-state index in [1.165, 1.54) is 0 Å². The summed E-state index contributed by atoms with van der Waals surface area (Å²) < 4.78 is 35.1. The lowest BCUT2D eigenvalue weighted by Crippen LogP contribution is -2.45. The van der Waals surface area contributed by atoms with Gasteiger partial charge in [0.25, 0.3) is 10.2 Å². The highest BCUT2D eigenvalue weighted by molar-refractivity contribution is 7.87.